The Balaban J connectivity index is 1.65. The molecular formula is C16H18N6O5S. The van der Waals surface area contributed by atoms with Gasteiger partial charge in [-0.3, -0.25) is 30.6 Å². The molecule has 28 heavy (non-hydrogen) atoms. The fraction of sp³-hybridized carbons (Fsp3) is 0.312. The number of nitro benzene ring substituents is 1. The van der Waals surface area contributed by atoms with Gasteiger partial charge in [0, 0.05) is 24.7 Å². The van der Waals surface area contributed by atoms with Crippen LogP contribution >= 0.6 is 11.3 Å². The van der Waals surface area contributed by atoms with Crippen LogP contribution in [-0.2, 0) is 4.74 Å². The number of nitrogens with one attached hydrogen (secondary N) is 2. The molecule has 0 unspecified atom stereocenters. The van der Waals surface area contributed by atoms with Gasteiger partial charge in [0.05, 0.1) is 23.8 Å². The van der Waals surface area contributed by atoms with Gasteiger partial charge >= 0.3 is 0 Å². The quantitative estimate of drug-likeness (QED) is 0.384. The topological polar surface area (TPSA) is 153 Å². The molecule has 2 aromatic rings. The molecule has 0 radical (unpaired) electrons. The second-order valence-corrected chi connectivity index (χ2v) is 6.93. The molecule has 1 aliphatic heterocycles. The second-order valence-electron chi connectivity index (χ2n) is 5.95. The van der Waals surface area contributed by atoms with Crippen molar-refractivity contribution in [3.63, 3.8) is 0 Å². The number of nitrogen functional groups attached to an aromatic ring is 1. The van der Waals surface area contributed by atoms with Crippen LogP contribution in [0.25, 0.3) is 0 Å². The Labute approximate surface area is 163 Å². The fourth-order valence-corrected chi connectivity index (χ4v) is 3.58. The molecule has 0 aliphatic carbocycles. The van der Waals surface area contributed by atoms with E-state index >= 15 is 0 Å². The van der Waals surface area contributed by atoms with E-state index < -0.39 is 16.7 Å². The van der Waals surface area contributed by atoms with Crippen LogP contribution < -0.4 is 21.5 Å². The number of anilines is 2. The summed E-state index contributed by atoms with van der Waals surface area (Å²) in [6.07, 6.45) is 0. The van der Waals surface area contributed by atoms with E-state index in [1.54, 1.807) is 6.92 Å². The van der Waals surface area contributed by atoms with E-state index in [1.165, 1.54) is 23.5 Å². The first kappa shape index (κ1) is 19.5. The highest BCUT2D eigenvalue weighted by molar-refractivity contribution is 7.17. The second kappa shape index (κ2) is 8.19. The van der Waals surface area contributed by atoms with E-state index in [1.807, 2.05) is 4.90 Å². The van der Waals surface area contributed by atoms with Crippen molar-refractivity contribution in [3.05, 3.63) is 44.4 Å². The summed E-state index contributed by atoms with van der Waals surface area (Å²) in [4.78, 5) is 41.6. The SMILES string of the molecule is Cc1nc(N2CCOCC2)sc1C(=O)NNC(=O)c1ccc(N)c([N+](=O)[O-])c1. The number of nitrogens with zero attached hydrogens (tertiary/aromatic N) is 3. The van der Waals surface area contributed by atoms with Gasteiger partial charge in [0.1, 0.15) is 10.6 Å². The van der Waals surface area contributed by atoms with Crippen molar-refractivity contribution in [3.8, 4) is 0 Å². The third-order valence-corrected chi connectivity index (χ3v) is 5.27. The van der Waals surface area contributed by atoms with Gasteiger partial charge in [-0.1, -0.05) is 11.3 Å². The smallest absolute Gasteiger partial charge is 0.292 e. The lowest BCUT2D eigenvalue weighted by molar-refractivity contribution is -0.383. The number of carbonyl (C=O) groups excluding carboxylic acids is 2. The Morgan fingerprint density at radius 3 is 2.64 bits per heavy atom. The summed E-state index contributed by atoms with van der Waals surface area (Å²) >= 11 is 1.22. The zero-order valence-corrected chi connectivity index (χ0v) is 15.7. The number of aryl methyl sites for hydroxylation is 1. The normalized spacial score (nSPS) is 13.8. The van der Waals surface area contributed by atoms with E-state index in [0.29, 0.717) is 42.0 Å². The van der Waals surface area contributed by atoms with Crippen molar-refractivity contribution in [2.75, 3.05) is 36.9 Å². The van der Waals surface area contributed by atoms with Crippen LogP contribution in [0.3, 0.4) is 0 Å². The molecule has 0 atom stereocenters. The van der Waals surface area contributed by atoms with Gasteiger partial charge in [0.15, 0.2) is 5.13 Å². The van der Waals surface area contributed by atoms with Crippen LogP contribution in [0.5, 0.6) is 0 Å². The molecule has 3 rings (SSSR count). The molecular weight excluding hydrogens is 388 g/mol. The minimum Gasteiger partial charge on any atom is -0.393 e. The van der Waals surface area contributed by atoms with E-state index in [0.717, 1.165) is 6.07 Å². The van der Waals surface area contributed by atoms with Gasteiger partial charge in [0.2, 0.25) is 0 Å². The summed E-state index contributed by atoms with van der Waals surface area (Å²) in [5.41, 5.74) is 10.2. The van der Waals surface area contributed by atoms with Crippen molar-refractivity contribution in [2.24, 2.45) is 0 Å². The van der Waals surface area contributed by atoms with Crippen LogP contribution in [0.2, 0.25) is 0 Å². The van der Waals surface area contributed by atoms with Crippen LogP contribution in [0.15, 0.2) is 18.2 Å². The van der Waals surface area contributed by atoms with Crippen LogP contribution in [-0.4, -0.2) is 48.0 Å². The lowest BCUT2D eigenvalue weighted by Gasteiger charge is -2.25. The number of nitrogens with two attached hydrogens (primary N) is 1. The number of benzene rings is 1. The van der Waals surface area contributed by atoms with Gasteiger partial charge in [-0.25, -0.2) is 4.98 Å². The van der Waals surface area contributed by atoms with E-state index in [4.69, 9.17) is 10.5 Å². The Morgan fingerprint density at radius 1 is 1.29 bits per heavy atom. The van der Waals surface area contributed by atoms with Gasteiger partial charge in [-0.05, 0) is 19.1 Å². The van der Waals surface area contributed by atoms with Crippen molar-refractivity contribution in [1.29, 1.82) is 0 Å². The fourth-order valence-electron chi connectivity index (χ4n) is 2.57. The molecule has 12 heteroatoms. The maximum Gasteiger partial charge on any atom is 0.292 e. The molecule has 148 valence electrons. The Bertz CT molecular complexity index is 924. The molecule has 1 aromatic carbocycles. The average molecular weight is 406 g/mol. The zero-order valence-electron chi connectivity index (χ0n) is 14.9. The van der Waals surface area contributed by atoms with Gasteiger partial charge in [0.25, 0.3) is 17.5 Å². The third-order valence-electron chi connectivity index (χ3n) is 4.05. The Morgan fingerprint density at radius 2 is 1.96 bits per heavy atom. The number of carbonyl (C=O) groups is 2. The molecule has 1 aromatic heterocycles. The summed E-state index contributed by atoms with van der Waals surface area (Å²) in [5.74, 6) is -1.22. The number of nitro groups is 1. The highest BCUT2D eigenvalue weighted by Gasteiger charge is 2.21. The minimum absolute atomic E-state index is 0.00349. The van der Waals surface area contributed by atoms with Crippen LogP contribution in [0, 0.1) is 17.0 Å². The largest absolute Gasteiger partial charge is 0.393 e. The van der Waals surface area contributed by atoms with Crippen molar-refractivity contribution >= 4 is 39.7 Å². The number of amides is 2. The predicted molar refractivity (Wildman–Crippen MR) is 102 cm³/mol. The summed E-state index contributed by atoms with van der Waals surface area (Å²) < 4.78 is 5.30. The van der Waals surface area contributed by atoms with Crippen molar-refractivity contribution < 1.29 is 19.2 Å². The number of ether oxygens (including phenoxy) is 1. The molecule has 1 aliphatic rings. The zero-order chi connectivity index (χ0) is 20.3. The number of hydrogen-bond donors (Lipinski definition) is 3. The summed E-state index contributed by atoms with van der Waals surface area (Å²) in [7, 11) is 0. The molecule has 0 saturated carbocycles. The van der Waals surface area contributed by atoms with Crippen molar-refractivity contribution in [1.82, 2.24) is 15.8 Å². The number of hydrazine groups is 1. The van der Waals surface area contributed by atoms with Gasteiger partial charge in [-0.15, -0.1) is 0 Å². The maximum atomic E-state index is 12.4. The highest BCUT2D eigenvalue weighted by atomic mass is 32.1. The lowest BCUT2D eigenvalue weighted by atomic mass is 10.1. The Hall–Kier alpha value is -3.25. The van der Waals surface area contributed by atoms with Gasteiger partial charge in [-0.2, -0.15) is 0 Å². The monoisotopic (exact) mass is 406 g/mol. The number of rotatable bonds is 4. The first-order valence-electron chi connectivity index (χ1n) is 8.31. The summed E-state index contributed by atoms with van der Waals surface area (Å²) in [5, 5.41) is 11.6. The number of morpholine rings is 1. The molecule has 2 heterocycles. The lowest BCUT2D eigenvalue weighted by Crippen LogP contribution is -2.41. The van der Waals surface area contributed by atoms with E-state index in [-0.39, 0.29) is 16.9 Å². The van der Waals surface area contributed by atoms with E-state index in [9.17, 15) is 19.7 Å². The molecule has 0 bridgehead atoms. The predicted octanol–water partition coefficient (Wildman–Crippen LogP) is 0.853. The number of aromatic nitrogens is 1. The molecule has 2 amide bonds. The third kappa shape index (κ3) is 4.18. The standard InChI is InChI=1S/C16H18N6O5S/c1-9-13(28-16(18-9)21-4-6-27-7-5-21)15(24)20-19-14(23)10-2-3-11(17)12(8-10)22(25)26/h2-3,8H,4-7,17H2,1H3,(H,19,23)(H,20,24). The van der Waals surface area contributed by atoms with Gasteiger partial charge < -0.3 is 15.4 Å². The van der Waals surface area contributed by atoms with Crippen molar-refractivity contribution in [2.45, 2.75) is 6.92 Å². The Kier molecular flexibility index (Phi) is 5.70. The maximum absolute atomic E-state index is 12.4. The summed E-state index contributed by atoms with van der Waals surface area (Å²) in [6.45, 7) is 4.30. The minimum atomic E-state index is -0.702. The van der Waals surface area contributed by atoms with E-state index in [2.05, 4.69) is 15.8 Å². The summed E-state index contributed by atoms with van der Waals surface area (Å²) in [6, 6.07) is 3.64. The molecule has 1 fully saturated rings. The average Bonchev–Trinajstić information content (AvgIpc) is 3.08. The molecule has 0 spiro atoms. The molecule has 4 N–H and O–H groups in total. The molecule has 1 saturated heterocycles. The molecule has 11 nitrogen and oxygen atoms in total. The first-order valence-corrected chi connectivity index (χ1v) is 9.13. The highest BCUT2D eigenvalue weighted by Crippen LogP contribution is 2.26. The number of hydrogen-bond acceptors (Lipinski definition) is 9. The van der Waals surface area contributed by atoms with Crippen LogP contribution in [0.4, 0.5) is 16.5 Å². The first-order chi connectivity index (χ1) is 13.4. The van der Waals surface area contributed by atoms with Crippen LogP contribution in [0.1, 0.15) is 25.7 Å². The number of thiazole rings is 1.